The van der Waals surface area contributed by atoms with Crippen molar-refractivity contribution in [2.24, 2.45) is 0 Å². The van der Waals surface area contributed by atoms with Crippen LogP contribution in [0.4, 0.5) is 0 Å². The van der Waals surface area contributed by atoms with Crippen molar-refractivity contribution in [2.45, 2.75) is 4.90 Å². The number of fused-ring (bicyclic) bond motifs is 1. The Morgan fingerprint density at radius 3 is 3.00 bits per heavy atom. The van der Waals surface area contributed by atoms with Gasteiger partial charge in [-0.25, -0.2) is 4.98 Å². The Morgan fingerprint density at radius 2 is 2.31 bits per heavy atom. The molecular formula is C7H5N2NaO2S. The number of hydrogen-bond donors (Lipinski definition) is 1. The minimum Gasteiger partial charge on any atom is -0.768 e. The van der Waals surface area contributed by atoms with Gasteiger partial charge in [0.1, 0.15) is 5.65 Å². The van der Waals surface area contributed by atoms with Crippen LogP contribution in [0.15, 0.2) is 29.4 Å². The van der Waals surface area contributed by atoms with Crippen LogP contribution in [0, 0.1) is 0 Å². The standard InChI is InChI=1S/C7H6N2O2S.Na/c10-12(11)6-4-9-7-5(6)2-1-3-8-7;/h1-4H,(H,8,9)(H,10,11);/q;+1/p-1. The molecule has 0 amide bonds. The molecule has 1 unspecified atom stereocenters. The van der Waals surface area contributed by atoms with Gasteiger partial charge in [-0.05, 0) is 23.2 Å². The number of nitrogens with one attached hydrogen (secondary N) is 1. The number of aromatic amines is 1. The van der Waals surface area contributed by atoms with E-state index in [2.05, 4.69) is 9.97 Å². The Balaban J connectivity index is 0.000000845. The predicted octanol–water partition coefficient (Wildman–Crippen LogP) is -2.20. The fourth-order valence-corrected chi connectivity index (χ4v) is 1.57. The van der Waals surface area contributed by atoms with Crippen molar-refractivity contribution >= 4 is 22.1 Å². The van der Waals surface area contributed by atoms with Crippen molar-refractivity contribution < 1.29 is 38.3 Å². The van der Waals surface area contributed by atoms with E-state index >= 15 is 0 Å². The van der Waals surface area contributed by atoms with Crippen LogP contribution in [0.2, 0.25) is 0 Å². The summed E-state index contributed by atoms with van der Waals surface area (Å²) in [4.78, 5) is 6.98. The normalized spacial score (nSPS) is 12.4. The van der Waals surface area contributed by atoms with Crippen LogP contribution >= 0.6 is 0 Å². The van der Waals surface area contributed by atoms with Crippen LogP contribution in [0.5, 0.6) is 0 Å². The molecule has 0 aliphatic heterocycles. The smallest absolute Gasteiger partial charge is 0.768 e. The van der Waals surface area contributed by atoms with Crippen molar-refractivity contribution in [3.63, 3.8) is 0 Å². The van der Waals surface area contributed by atoms with Crippen molar-refractivity contribution in [3.8, 4) is 0 Å². The van der Waals surface area contributed by atoms with Crippen LogP contribution in [-0.2, 0) is 11.1 Å². The number of aromatic nitrogens is 2. The summed E-state index contributed by atoms with van der Waals surface area (Å²) in [6.07, 6.45) is 3.04. The van der Waals surface area contributed by atoms with Gasteiger partial charge in [0, 0.05) is 17.8 Å². The maximum atomic E-state index is 10.6. The zero-order chi connectivity index (χ0) is 8.55. The maximum absolute atomic E-state index is 10.6. The van der Waals surface area contributed by atoms with Gasteiger partial charge in [-0.3, -0.25) is 4.21 Å². The molecule has 2 heterocycles. The van der Waals surface area contributed by atoms with Crippen molar-refractivity contribution in [1.82, 2.24) is 9.97 Å². The quantitative estimate of drug-likeness (QED) is 0.423. The van der Waals surface area contributed by atoms with Gasteiger partial charge in [-0.1, -0.05) is 0 Å². The molecule has 2 rings (SSSR count). The Morgan fingerprint density at radius 1 is 1.54 bits per heavy atom. The van der Waals surface area contributed by atoms with E-state index in [1.165, 1.54) is 6.20 Å². The van der Waals surface area contributed by atoms with E-state index in [1.54, 1.807) is 18.3 Å². The molecule has 0 bridgehead atoms. The average molecular weight is 204 g/mol. The molecule has 0 spiro atoms. The fourth-order valence-electron chi connectivity index (χ4n) is 1.07. The Bertz CT molecular complexity index is 443. The molecular weight excluding hydrogens is 199 g/mol. The first-order valence-corrected chi connectivity index (χ1v) is 4.38. The summed E-state index contributed by atoms with van der Waals surface area (Å²) < 4.78 is 21.3. The zero-order valence-electron chi connectivity index (χ0n) is 6.98. The molecule has 6 heteroatoms. The predicted molar refractivity (Wildman–Crippen MR) is 43.3 cm³/mol. The molecule has 0 aliphatic rings. The summed E-state index contributed by atoms with van der Waals surface area (Å²) in [5.41, 5.74) is 0.594. The molecule has 0 aromatic carbocycles. The SMILES string of the molecule is O=S([O-])c1c[nH]c2ncccc12.[Na+]. The van der Waals surface area contributed by atoms with E-state index < -0.39 is 11.1 Å². The summed E-state index contributed by atoms with van der Waals surface area (Å²) in [5, 5.41) is 0.630. The Hall–Kier alpha value is -0.200. The second-order valence-electron chi connectivity index (χ2n) is 2.29. The fraction of sp³-hybridized carbons (Fsp3) is 0. The second kappa shape index (κ2) is 4.34. The van der Waals surface area contributed by atoms with Gasteiger partial charge in [0.25, 0.3) is 0 Å². The zero-order valence-corrected chi connectivity index (χ0v) is 9.80. The van der Waals surface area contributed by atoms with Crippen LogP contribution in [0.25, 0.3) is 11.0 Å². The minimum atomic E-state index is -2.19. The summed E-state index contributed by atoms with van der Waals surface area (Å²) in [5.74, 6) is 0. The van der Waals surface area contributed by atoms with E-state index in [4.69, 9.17) is 0 Å². The Labute approximate surface area is 99.3 Å². The molecule has 0 fully saturated rings. The first kappa shape index (κ1) is 10.9. The van der Waals surface area contributed by atoms with Crippen molar-refractivity contribution in [2.75, 3.05) is 0 Å². The van der Waals surface area contributed by atoms with Gasteiger partial charge in [-0.15, -0.1) is 0 Å². The summed E-state index contributed by atoms with van der Waals surface area (Å²) in [7, 11) is 0. The van der Waals surface area contributed by atoms with Gasteiger partial charge in [0.05, 0.1) is 4.90 Å². The second-order valence-corrected chi connectivity index (χ2v) is 3.20. The molecule has 0 aliphatic carbocycles. The number of rotatable bonds is 1. The largest absolute Gasteiger partial charge is 1.00 e. The van der Waals surface area contributed by atoms with E-state index in [0.717, 1.165) is 0 Å². The van der Waals surface area contributed by atoms with Crippen LogP contribution in [-0.4, -0.2) is 18.7 Å². The van der Waals surface area contributed by atoms with Crippen LogP contribution in [0.1, 0.15) is 0 Å². The first-order valence-electron chi connectivity index (χ1n) is 3.30. The van der Waals surface area contributed by atoms with Crippen molar-refractivity contribution in [3.05, 3.63) is 24.5 Å². The Kier molecular flexibility index (Phi) is 3.63. The van der Waals surface area contributed by atoms with Crippen LogP contribution < -0.4 is 29.6 Å². The third kappa shape index (κ3) is 2.00. The minimum absolute atomic E-state index is 0. The van der Waals surface area contributed by atoms with E-state index in [0.29, 0.717) is 11.0 Å². The third-order valence-corrected chi connectivity index (χ3v) is 2.29. The molecule has 0 radical (unpaired) electrons. The molecule has 1 N–H and O–H groups in total. The third-order valence-electron chi connectivity index (χ3n) is 1.59. The molecule has 62 valence electrons. The number of hydrogen-bond acceptors (Lipinski definition) is 3. The maximum Gasteiger partial charge on any atom is 1.00 e. The van der Waals surface area contributed by atoms with E-state index in [1.807, 2.05) is 0 Å². The molecule has 2 aromatic rings. The summed E-state index contributed by atoms with van der Waals surface area (Å²) in [6.45, 7) is 0. The van der Waals surface area contributed by atoms with Gasteiger partial charge >= 0.3 is 29.6 Å². The van der Waals surface area contributed by atoms with Gasteiger partial charge in [0.2, 0.25) is 0 Å². The molecule has 0 saturated carbocycles. The van der Waals surface area contributed by atoms with Gasteiger partial charge in [0.15, 0.2) is 0 Å². The molecule has 0 saturated heterocycles. The van der Waals surface area contributed by atoms with Gasteiger partial charge in [-0.2, -0.15) is 0 Å². The number of nitrogens with zero attached hydrogens (tertiary/aromatic N) is 1. The molecule has 1 atom stereocenters. The van der Waals surface area contributed by atoms with Gasteiger partial charge < -0.3 is 9.54 Å². The van der Waals surface area contributed by atoms with Crippen molar-refractivity contribution in [1.29, 1.82) is 0 Å². The topological polar surface area (TPSA) is 68.8 Å². The number of pyridine rings is 1. The molecule has 2 aromatic heterocycles. The summed E-state index contributed by atoms with van der Waals surface area (Å²) in [6, 6.07) is 3.41. The monoisotopic (exact) mass is 204 g/mol. The van der Waals surface area contributed by atoms with E-state index in [-0.39, 0.29) is 34.5 Å². The van der Waals surface area contributed by atoms with E-state index in [9.17, 15) is 8.76 Å². The number of H-pyrrole nitrogens is 1. The molecule has 13 heavy (non-hydrogen) atoms. The summed E-state index contributed by atoms with van der Waals surface area (Å²) >= 11 is -2.19. The first-order chi connectivity index (χ1) is 5.79. The van der Waals surface area contributed by atoms with Crippen LogP contribution in [0.3, 0.4) is 0 Å². The average Bonchev–Trinajstić information content (AvgIpc) is 2.47. The molecule has 4 nitrogen and oxygen atoms in total.